The Morgan fingerprint density at radius 3 is 2.41 bits per heavy atom. The van der Waals surface area contributed by atoms with Crippen LogP contribution in [0.3, 0.4) is 0 Å². The molecule has 0 fully saturated rings. The van der Waals surface area contributed by atoms with Crippen molar-refractivity contribution >= 4 is 23.5 Å². The van der Waals surface area contributed by atoms with Gasteiger partial charge in [-0.25, -0.2) is 14.8 Å². The molecule has 1 amide bonds. The van der Waals surface area contributed by atoms with Crippen LogP contribution in [0.2, 0.25) is 0 Å². The van der Waals surface area contributed by atoms with Crippen molar-refractivity contribution in [1.82, 2.24) is 9.97 Å². The molecule has 1 heterocycles. The van der Waals surface area contributed by atoms with E-state index in [0.29, 0.717) is 36.0 Å². The Balaban J connectivity index is 1.67. The smallest absolute Gasteiger partial charge is 0.338 e. The van der Waals surface area contributed by atoms with Crippen LogP contribution in [0.4, 0.5) is 11.6 Å². The lowest BCUT2D eigenvalue weighted by Gasteiger charge is -2.09. The topological polar surface area (TPSA) is 93.2 Å². The van der Waals surface area contributed by atoms with E-state index in [1.54, 1.807) is 44.2 Å². The standard InChI is InChI=1S/C22H22N4O3/c1-3-29-21(28)17-9-11-18(12-10-17)25-20(27)19-13-15(2)24-22(26-19)23-14-16-7-5-4-6-8-16/h4-13H,3,14H2,1-2H3,(H,25,27)(H,23,24,26). The lowest BCUT2D eigenvalue weighted by Crippen LogP contribution is -2.16. The molecule has 0 aliphatic heterocycles. The van der Waals surface area contributed by atoms with Gasteiger partial charge in [-0.2, -0.15) is 0 Å². The number of ether oxygens (including phenoxy) is 1. The molecule has 3 aromatic rings. The predicted molar refractivity (Wildman–Crippen MR) is 111 cm³/mol. The first kappa shape index (κ1) is 20.0. The molecule has 148 valence electrons. The minimum absolute atomic E-state index is 0.252. The molecule has 29 heavy (non-hydrogen) atoms. The summed E-state index contributed by atoms with van der Waals surface area (Å²) in [5.74, 6) is -0.371. The van der Waals surface area contributed by atoms with E-state index in [9.17, 15) is 9.59 Å². The van der Waals surface area contributed by atoms with Crippen molar-refractivity contribution in [3.05, 3.63) is 83.2 Å². The summed E-state index contributed by atoms with van der Waals surface area (Å²) < 4.78 is 4.95. The van der Waals surface area contributed by atoms with Gasteiger partial charge in [0.1, 0.15) is 5.69 Å². The zero-order chi connectivity index (χ0) is 20.6. The second-order valence-corrected chi connectivity index (χ2v) is 6.31. The van der Waals surface area contributed by atoms with E-state index in [4.69, 9.17) is 4.74 Å². The quantitative estimate of drug-likeness (QED) is 0.596. The normalized spacial score (nSPS) is 10.3. The summed E-state index contributed by atoms with van der Waals surface area (Å²) in [4.78, 5) is 32.9. The van der Waals surface area contributed by atoms with Gasteiger partial charge < -0.3 is 15.4 Å². The third-order valence-electron chi connectivity index (χ3n) is 4.03. The molecule has 3 rings (SSSR count). The van der Waals surface area contributed by atoms with E-state index in [1.807, 2.05) is 30.3 Å². The summed E-state index contributed by atoms with van der Waals surface area (Å²) in [6.45, 7) is 4.42. The largest absolute Gasteiger partial charge is 0.462 e. The highest BCUT2D eigenvalue weighted by Gasteiger charge is 2.12. The molecule has 0 aliphatic carbocycles. The second-order valence-electron chi connectivity index (χ2n) is 6.31. The first-order valence-corrected chi connectivity index (χ1v) is 9.27. The molecular formula is C22H22N4O3. The summed E-state index contributed by atoms with van der Waals surface area (Å²) in [7, 11) is 0. The maximum atomic E-state index is 12.6. The summed E-state index contributed by atoms with van der Waals surface area (Å²) in [5.41, 5.74) is 3.00. The number of nitrogens with one attached hydrogen (secondary N) is 2. The Hall–Kier alpha value is -3.74. The Labute approximate surface area is 169 Å². The number of hydrogen-bond acceptors (Lipinski definition) is 6. The van der Waals surface area contributed by atoms with Crippen LogP contribution in [0.5, 0.6) is 0 Å². The summed E-state index contributed by atoms with van der Waals surface area (Å²) in [6.07, 6.45) is 0. The number of amides is 1. The van der Waals surface area contributed by atoms with Crippen molar-refractivity contribution in [2.75, 3.05) is 17.2 Å². The van der Waals surface area contributed by atoms with Crippen molar-refractivity contribution in [2.45, 2.75) is 20.4 Å². The zero-order valence-electron chi connectivity index (χ0n) is 16.3. The molecule has 0 saturated heterocycles. The molecule has 1 aromatic heterocycles. The van der Waals surface area contributed by atoms with Crippen LogP contribution >= 0.6 is 0 Å². The molecule has 0 aliphatic rings. The maximum Gasteiger partial charge on any atom is 0.338 e. The molecule has 7 nitrogen and oxygen atoms in total. The van der Waals surface area contributed by atoms with Crippen LogP contribution in [0.25, 0.3) is 0 Å². The number of carbonyl (C=O) groups is 2. The molecule has 2 N–H and O–H groups in total. The van der Waals surface area contributed by atoms with Gasteiger partial charge in [0.2, 0.25) is 5.95 Å². The minimum atomic E-state index is -0.397. The van der Waals surface area contributed by atoms with E-state index in [2.05, 4.69) is 20.6 Å². The molecular weight excluding hydrogens is 368 g/mol. The van der Waals surface area contributed by atoms with E-state index in [-0.39, 0.29) is 11.6 Å². The van der Waals surface area contributed by atoms with E-state index >= 15 is 0 Å². The fourth-order valence-electron chi connectivity index (χ4n) is 2.64. The van der Waals surface area contributed by atoms with Crippen LogP contribution in [0.15, 0.2) is 60.7 Å². The highest BCUT2D eigenvalue weighted by Crippen LogP contribution is 2.13. The number of esters is 1. The number of aromatic nitrogens is 2. The number of hydrogen-bond donors (Lipinski definition) is 2. The number of anilines is 2. The maximum absolute atomic E-state index is 12.6. The Morgan fingerprint density at radius 1 is 1.00 bits per heavy atom. The van der Waals surface area contributed by atoms with Crippen LogP contribution < -0.4 is 10.6 Å². The lowest BCUT2D eigenvalue weighted by atomic mass is 10.2. The van der Waals surface area contributed by atoms with Gasteiger partial charge in [0.15, 0.2) is 0 Å². The van der Waals surface area contributed by atoms with Gasteiger partial charge in [-0.3, -0.25) is 4.79 Å². The number of benzene rings is 2. The Bertz CT molecular complexity index is 989. The molecule has 2 aromatic carbocycles. The lowest BCUT2D eigenvalue weighted by molar-refractivity contribution is 0.0526. The van der Waals surface area contributed by atoms with Gasteiger partial charge in [-0.15, -0.1) is 0 Å². The minimum Gasteiger partial charge on any atom is -0.462 e. The van der Waals surface area contributed by atoms with Crippen LogP contribution in [-0.2, 0) is 11.3 Å². The summed E-state index contributed by atoms with van der Waals surface area (Å²) in [5, 5.41) is 5.91. The second kappa shape index (κ2) is 9.45. The van der Waals surface area contributed by atoms with Crippen molar-refractivity contribution < 1.29 is 14.3 Å². The van der Waals surface area contributed by atoms with Crippen molar-refractivity contribution in [3.8, 4) is 0 Å². The van der Waals surface area contributed by atoms with Crippen molar-refractivity contribution in [3.63, 3.8) is 0 Å². The van der Waals surface area contributed by atoms with Gasteiger partial charge in [0.25, 0.3) is 5.91 Å². The molecule has 7 heteroatoms. The third-order valence-corrected chi connectivity index (χ3v) is 4.03. The number of rotatable bonds is 7. The fraction of sp³-hybridized carbons (Fsp3) is 0.182. The first-order chi connectivity index (χ1) is 14.0. The van der Waals surface area contributed by atoms with Gasteiger partial charge >= 0.3 is 5.97 Å². The van der Waals surface area contributed by atoms with Crippen LogP contribution in [-0.4, -0.2) is 28.5 Å². The Morgan fingerprint density at radius 2 is 1.72 bits per heavy atom. The monoisotopic (exact) mass is 390 g/mol. The predicted octanol–water partition coefficient (Wildman–Crippen LogP) is 3.83. The van der Waals surface area contributed by atoms with E-state index < -0.39 is 5.97 Å². The SMILES string of the molecule is CCOC(=O)c1ccc(NC(=O)c2cc(C)nc(NCc3ccccc3)n2)cc1. The highest BCUT2D eigenvalue weighted by atomic mass is 16.5. The van der Waals surface area contributed by atoms with Gasteiger partial charge in [-0.05, 0) is 49.7 Å². The van der Waals surface area contributed by atoms with Crippen LogP contribution in [0, 0.1) is 6.92 Å². The average Bonchev–Trinajstić information content (AvgIpc) is 2.73. The van der Waals surface area contributed by atoms with E-state index in [0.717, 1.165) is 5.56 Å². The average molecular weight is 390 g/mol. The first-order valence-electron chi connectivity index (χ1n) is 9.27. The highest BCUT2D eigenvalue weighted by molar-refractivity contribution is 6.03. The summed E-state index contributed by atoms with van der Waals surface area (Å²) >= 11 is 0. The number of carbonyl (C=O) groups excluding carboxylic acids is 2. The van der Waals surface area contributed by atoms with Crippen molar-refractivity contribution in [1.29, 1.82) is 0 Å². The number of nitrogens with zero attached hydrogens (tertiary/aromatic N) is 2. The fourth-order valence-corrected chi connectivity index (χ4v) is 2.64. The Kier molecular flexibility index (Phi) is 6.52. The molecule has 0 unspecified atom stereocenters. The third kappa shape index (κ3) is 5.62. The molecule has 0 radical (unpaired) electrons. The molecule has 0 atom stereocenters. The number of aryl methyl sites for hydroxylation is 1. The van der Waals surface area contributed by atoms with Crippen LogP contribution in [0.1, 0.15) is 39.0 Å². The van der Waals surface area contributed by atoms with E-state index in [1.165, 1.54) is 0 Å². The van der Waals surface area contributed by atoms with Gasteiger partial charge in [-0.1, -0.05) is 30.3 Å². The van der Waals surface area contributed by atoms with Gasteiger partial charge in [0.05, 0.1) is 12.2 Å². The van der Waals surface area contributed by atoms with Gasteiger partial charge in [0, 0.05) is 17.9 Å². The molecule has 0 saturated carbocycles. The summed E-state index contributed by atoms with van der Waals surface area (Å²) in [6, 6.07) is 18.0. The zero-order valence-corrected chi connectivity index (χ0v) is 16.3. The van der Waals surface area contributed by atoms with Crippen molar-refractivity contribution in [2.24, 2.45) is 0 Å². The molecule has 0 spiro atoms. The molecule has 0 bridgehead atoms.